The van der Waals surface area contributed by atoms with E-state index in [1.165, 1.54) is 0 Å². The summed E-state index contributed by atoms with van der Waals surface area (Å²) < 4.78 is 93.0. The molecule has 1 aliphatic heterocycles. The van der Waals surface area contributed by atoms with Crippen LogP contribution in [0.3, 0.4) is 0 Å². The van der Waals surface area contributed by atoms with E-state index in [1.54, 1.807) is 48.7 Å². The summed E-state index contributed by atoms with van der Waals surface area (Å²) in [6.07, 6.45) is -0.0685. The molecule has 0 spiro atoms. The Morgan fingerprint density at radius 3 is 1.03 bits per heavy atom. The van der Waals surface area contributed by atoms with Gasteiger partial charge in [-0.25, -0.2) is 0 Å². The second-order valence-electron chi connectivity index (χ2n) is 38.8. The van der Waals surface area contributed by atoms with Gasteiger partial charge < -0.3 is 156 Å². The number of carbonyl (C=O) groups is 16. The van der Waals surface area contributed by atoms with E-state index in [0.717, 1.165) is 0 Å². The van der Waals surface area contributed by atoms with Gasteiger partial charge in [0.2, 0.25) is 76.8 Å². The van der Waals surface area contributed by atoms with Gasteiger partial charge in [0.15, 0.2) is 0 Å². The number of methoxy groups -OCH3 is 1. The third-order valence-corrected chi connectivity index (χ3v) is 22.6. The van der Waals surface area contributed by atoms with Crippen LogP contribution >= 0.6 is 50.5 Å². The van der Waals surface area contributed by atoms with Crippen LogP contribution in [-0.4, -0.2) is 437 Å². The second kappa shape index (κ2) is 86.2. The lowest BCUT2D eigenvalue weighted by Crippen LogP contribution is -2.53. The van der Waals surface area contributed by atoms with Crippen molar-refractivity contribution in [1.82, 2.24) is 79.8 Å². The van der Waals surface area contributed by atoms with E-state index in [1.807, 2.05) is 48.5 Å². The molecule has 1 heterocycles. The monoisotopic (exact) mass is 2190 g/mol. The van der Waals surface area contributed by atoms with E-state index in [4.69, 9.17) is 75.8 Å². The Morgan fingerprint density at radius 1 is 0.365 bits per heavy atom. The maximum Gasteiger partial charge on any atom is 0.243 e. The summed E-state index contributed by atoms with van der Waals surface area (Å²) in [5.74, 6) is -6.28. The molecule has 51 heteroatoms. The highest BCUT2D eigenvalue weighted by atomic mass is 32.1. The molecule has 0 bridgehead atoms. The number of rotatable bonds is 49. The average molecular weight is 2200 g/mol. The van der Waals surface area contributed by atoms with Gasteiger partial charge in [-0.05, 0) is 48.0 Å². The number of ether oxygens (including phenoxy) is 16. The first-order chi connectivity index (χ1) is 70.3. The maximum absolute atomic E-state index is 13.1. The third-order valence-electron chi connectivity index (χ3n) is 21.0. The summed E-state index contributed by atoms with van der Waals surface area (Å²) in [4.78, 5) is 201. The molecule has 1 saturated heterocycles. The van der Waals surface area contributed by atoms with Crippen molar-refractivity contribution in [3.8, 4) is 0 Å². The Balaban J connectivity index is 0.00000866. The predicted molar refractivity (Wildman–Crippen MR) is 565 cm³/mol. The van der Waals surface area contributed by atoms with E-state index in [0.29, 0.717) is 38.5 Å². The Bertz CT molecular complexity index is 3580. The summed E-state index contributed by atoms with van der Waals surface area (Å²) in [7, 11) is 1.60. The van der Waals surface area contributed by atoms with Crippen LogP contribution in [0.15, 0.2) is 0 Å². The van der Waals surface area contributed by atoms with Crippen LogP contribution in [0, 0.1) is 27.6 Å². The van der Waals surface area contributed by atoms with Gasteiger partial charge in [-0.3, -0.25) is 76.7 Å². The molecule has 0 radical (unpaired) electrons. The number of hydrogen-bond donors (Lipinski definition) is 19. The molecular weight excluding hydrogens is 2020 g/mol. The van der Waals surface area contributed by atoms with Crippen molar-refractivity contribution >= 4 is 145 Å². The van der Waals surface area contributed by atoms with Gasteiger partial charge in [-0.1, -0.05) is 48.5 Å². The molecule has 0 saturated carbocycles. The highest BCUT2D eigenvalue weighted by Gasteiger charge is 2.35. The van der Waals surface area contributed by atoms with Crippen molar-refractivity contribution in [3.63, 3.8) is 0 Å². The van der Waals surface area contributed by atoms with Gasteiger partial charge in [0.05, 0.1) is 254 Å². The number of nitrogens with one attached hydrogen (secondary N) is 15. The number of hydrogen-bond acceptors (Lipinski definition) is 38. The highest BCUT2D eigenvalue weighted by molar-refractivity contribution is 7.80. The summed E-state index contributed by atoms with van der Waals surface area (Å²) in [6.45, 7) is 29.8. The second-order valence-corrected chi connectivity index (χ2v) is 40.3. The molecule has 13 amide bonds. The van der Waals surface area contributed by atoms with E-state index in [2.05, 4.69) is 130 Å². The Hall–Kier alpha value is -7.20. The largest absolute Gasteiger partial charge is 0.382 e. The molecule has 15 N–H and O–H groups in total. The smallest absolute Gasteiger partial charge is 0.243 e. The van der Waals surface area contributed by atoms with Crippen LogP contribution in [0.2, 0.25) is 0 Å². The Kier molecular flexibility index (Phi) is 82.0. The number of thiol groups is 4. The summed E-state index contributed by atoms with van der Waals surface area (Å²) in [5, 5.41) is 40.7. The standard InChI is InChI=1S/C83H150N12O28S3.C14H29N3O4S/c1-11-82(57-119-43-36-116-33-26-90-75(106)51-93-78(109)65(54-126)95-81(8,9)10)55-117-41-34-114-31-24-88-73(104)49-91-76(107)62(52-124)48-63(96)12-15-68(99)84-20-27-110-37-44-120-58-83(59-121-45-38-111-28-21-85-69(100)16-13-66(97)79(2,3)4,60-122-46-39-112-29-22-86-70(101)17-14-67(98)80(5,6)7)61-123-47-40-113-30-23-87-71(102)18-19-72(103)94-64(53-125)77(108)92-50-74(105)89-25-32-115-35-42-118-56-82;1-14(2,3)17-11(10-22)13(19)16-9-12(18)15-5-6-21-8-7-20-4/h62,64-65,95,124-126H,11-61H2,1-10H3,(H,84,99)(H,85,100)(H,86,101)(H,87,102)(H,88,104)(H,89,105)(H,90,106)(H,91,107)(H,92,108)(H,93,109)(H,94,103);11,17,22H,5-10H2,1-4H3,(H,15,18)(H,16,19). The van der Waals surface area contributed by atoms with Crippen molar-refractivity contribution in [2.75, 3.05) is 313 Å². The molecule has 5 atom stereocenters. The minimum atomic E-state index is -1.12. The Labute approximate surface area is 896 Å². The quantitative estimate of drug-likeness (QED) is 0.0238. The molecule has 0 aromatic rings. The zero-order chi connectivity index (χ0) is 111. The topological polar surface area (TPSA) is 601 Å². The molecule has 0 aliphatic carbocycles. The first-order valence-electron chi connectivity index (χ1n) is 50.6. The molecule has 1 aliphatic rings. The van der Waals surface area contributed by atoms with Gasteiger partial charge in [0.25, 0.3) is 0 Å². The van der Waals surface area contributed by atoms with Crippen LogP contribution in [0.4, 0.5) is 0 Å². The number of amides is 13. The van der Waals surface area contributed by atoms with Crippen molar-refractivity contribution < 1.29 is 153 Å². The lowest BCUT2D eigenvalue weighted by Gasteiger charge is -2.33. The van der Waals surface area contributed by atoms with Crippen molar-refractivity contribution in [2.45, 2.75) is 183 Å². The maximum atomic E-state index is 13.1. The van der Waals surface area contributed by atoms with E-state index in [9.17, 15) is 76.7 Å². The van der Waals surface area contributed by atoms with Crippen LogP contribution in [-0.2, 0) is 153 Å². The SMILES string of the molecule is CCC1(COCCOCCNC(=O)CNC(=O)C(CS)NC(C)(C)C)COCCOCCNC(=O)CNC(=O)C(CS)CC(=O)CCC(=O)NCCOCCOCC(COCCOCCNC(=O)CCC(=O)C(C)(C)C)(COCCOCCNC(=O)CCC(=O)C(C)(C)C)COCCOCCNC(=O)CCC(=O)NC(CS)C(=O)NCC(=O)NCCOCCOC1.COCCOCCNC(=O)CNC(=O)C(CS)NC(C)(C)C. The van der Waals surface area contributed by atoms with Gasteiger partial charge in [0.1, 0.15) is 23.4 Å². The molecule has 1 rings (SSSR count). The molecule has 47 nitrogen and oxygen atoms in total. The van der Waals surface area contributed by atoms with E-state index < -0.39 is 93.6 Å². The van der Waals surface area contributed by atoms with Crippen LogP contribution in [0.5, 0.6) is 0 Å². The van der Waals surface area contributed by atoms with Gasteiger partial charge in [0, 0.05) is 168 Å². The average Bonchev–Trinajstić information content (AvgIpc) is 0.876. The molecular formula is C97H179N15O32S4. The Morgan fingerprint density at radius 2 is 0.689 bits per heavy atom. The van der Waals surface area contributed by atoms with Crippen molar-refractivity contribution in [1.29, 1.82) is 0 Å². The van der Waals surface area contributed by atoms with Crippen LogP contribution in [0.25, 0.3) is 0 Å². The molecule has 5 unspecified atom stereocenters. The fourth-order valence-electron chi connectivity index (χ4n) is 12.6. The normalized spacial score (nSPS) is 18.9. The first kappa shape index (κ1) is 141. The van der Waals surface area contributed by atoms with E-state index in [-0.39, 0.29) is 389 Å². The minimum Gasteiger partial charge on any atom is -0.382 e. The lowest BCUT2D eigenvalue weighted by atomic mass is 9.88. The molecule has 858 valence electrons. The van der Waals surface area contributed by atoms with Gasteiger partial charge in [-0.2, -0.15) is 50.5 Å². The van der Waals surface area contributed by atoms with E-state index >= 15 is 0 Å². The first-order valence-corrected chi connectivity index (χ1v) is 53.1. The van der Waals surface area contributed by atoms with Crippen molar-refractivity contribution in [2.24, 2.45) is 27.6 Å². The number of carbonyl (C=O) groups excluding carboxylic acids is 16. The van der Waals surface area contributed by atoms with Crippen molar-refractivity contribution in [3.05, 3.63) is 0 Å². The highest BCUT2D eigenvalue weighted by Crippen LogP contribution is 2.26. The fourth-order valence-corrected chi connectivity index (χ4v) is 13.6. The van der Waals surface area contributed by atoms with Gasteiger partial charge in [-0.15, -0.1) is 0 Å². The fraction of sp³-hybridized carbons (Fsp3) is 0.835. The zero-order valence-corrected chi connectivity index (χ0v) is 93.5. The molecule has 1 fully saturated rings. The molecule has 148 heavy (non-hydrogen) atoms. The van der Waals surface area contributed by atoms with Crippen LogP contribution in [0.1, 0.15) is 154 Å². The number of Topliss-reactive ketones (excluding diaryl/α,β-unsaturated/α-hetero) is 3. The summed E-state index contributed by atoms with van der Waals surface area (Å²) in [6, 6.07) is -2.13. The lowest BCUT2D eigenvalue weighted by molar-refractivity contribution is -0.131. The molecule has 0 aromatic heterocycles. The predicted octanol–water partition coefficient (Wildman–Crippen LogP) is -1.70. The third kappa shape index (κ3) is 79.7. The number of ketones is 3. The molecule has 0 aromatic carbocycles. The zero-order valence-electron chi connectivity index (χ0n) is 90.0. The summed E-state index contributed by atoms with van der Waals surface area (Å²) >= 11 is 16.9. The summed E-state index contributed by atoms with van der Waals surface area (Å²) in [5.41, 5.74) is -3.25. The minimum absolute atomic E-state index is 0.000377. The van der Waals surface area contributed by atoms with Crippen LogP contribution < -0.4 is 79.8 Å². The van der Waals surface area contributed by atoms with Gasteiger partial charge >= 0.3 is 0 Å².